The lowest BCUT2D eigenvalue weighted by atomic mass is 9.66. The van der Waals surface area contributed by atoms with E-state index in [0.29, 0.717) is 37.6 Å². The molecule has 0 aromatic heterocycles. The summed E-state index contributed by atoms with van der Waals surface area (Å²) < 4.78 is 15.9. The summed E-state index contributed by atoms with van der Waals surface area (Å²) in [5.74, 6) is 0.0385. The summed E-state index contributed by atoms with van der Waals surface area (Å²) in [5.41, 5.74) is -0.0344. The molecular weight excluding hydrogens is 338 g/mol. The van der Waals surface area contributed by atoms with Gasteiger partial charge in [0.2, 0.25) is 5.91 Å². The monoisotopic (exact) mass is 365 g/mol. The standard InChI is InChI=1S/C19H27NO6/c1-13(20-17(21)12-19(18(22)23)7-4-8-19)14-5-6-15(16(11-14)25-3)26-10-9-24-2/h5-6,11,13H,4,7-10,12H2,1-3H3,(H,20,21)(H,22,23). The Balaban J connectivity index is 1.99. The molecule has 1 fully saturated rings. The largest absolute Gasteiger partial charge is 0.493 e. The predicted octanol–water partition coefficient (Wildman–Crippen LogP) is 2.54. The van der Waals surface area contributed by atoms with Crippen molar-refractivity contribution < 1.29 is 28.9 Å². The fraction of sp³-hybridized carbons (Fsp3) is 0.579. The van der Waals surface area contributed by atoms with E-state index < -0.39 is 11.4 Å². The molecule has 0 bridgehead atoms. The van der Waals surface area contributed by atoms with Crippen LogP contribution >= 0.6 is 0 Å². The van der Waals surface area contributed by atoms with E-state index in [9.17, 15) is 14.7 Å². The minimum Gasteiger partial charge on any atom is -0.493 e. The molecule has 2 rings (SSSR count). The van der Waals surface area contributed by atoms with Crippen LogP contribution in [0.4, 0.5) is 0 Å². The van der Waals surface area contributed by atoms with Gasteiger partial charge in [0.05, 0.1) is 25.2 Å². The zero-order chi connectivity index (χ0) is 19.2. The number of ether oxygens (including phenoxy) is 3. The van der Waals surface area contributed by atoms with Crippen molar-refractivity contribution in [3.05, 3.63) is 23.8 Å². The van der Waals surface area contributed by atoms with Crippen LogP contribution in [0.15, 0.2) is 18.2 Å². The zero-order valence-corrected chi connectivity index (χ0v) is 15.5. The minimum atomic E-state index is -0.888. The second kappa shape index (κ2) is 8.89. The fourth-order valence-electron chi connectivity index (χ4n) is 3.06. The number of aliphatic carboxylic acids is 1. The maximum absolute atomic E-state index is 12.3. The van der Waals surface area contributed by atoms with E-state index >= 15 is 0 Å². The van der Waals surface area contributed by atoms with Gasteiger partial charge in [-0.25, -0.2) is 0 Å². The number of carbonyl (C=O) groups excluding carboxylic acids is 1. The smallest absolute Gasteiger partial charge is 0.310 e. The molecule has 1 saturated carbocycles. The van der Waals surface area contributed by atoms with Crippen LogP contribution in [0.3, 0.4) is 0 Å². The molecule has 0 spiro atoms. The van der Waals surface area contributed by atoms with E-state index in [0.717, 1.165) is 12.0 Å². The second-order valence-corrected chi connectivity index (χ2v) is 6.66. The Bertz CT molecular complexity index is 641. The molecule has 7 nitrogen and oxygen atoms in total. The highest BCUT2D eigenvalue weighted by Crippen LogP contribution is 2.44. The molecule has 1 aliphatic carbocycles. The number of amides is 1. The van der Waals surface area contributed by atoms with Gasteiger partial charge in [0.15, 0.2) is 11.5 Å². The van der Waals surface area contributed by atoms with Gasteiger partial charge in [0.25, 0.3) is 0 Å². The van der Waals surface area contributed by atoms with Crippen molar-refractivity contribution in [2.45, 2.75) is 38.6 Å². The first-order valence-corrected chi connectivity index (χ1v) is 8.74. The Morgan fingerprint density at radius 3 is 2.50 bits per heavy atom. The Labute approximate surface area is 153 Å². The van der Waals surface area contributed by atoms with Gasteiger partial charge >= 0.3 is 5.97 Å². The van der Waals surface area contributed by atoms with Gasteiger partial charge in [-0.3, -0.25) is 9.59 Å². The van der Waals surface area contributed by atoms with Gasteiger partial charge < -0.3 is 24.6 Å². The highest BCUT2D eigenvalue weighted by atomic mass is 16.5. The minimum absolute atomic E-state index is 0.0159. The number of rotatable bonds is 10. The highest BCUT2D eigenvalue weighted by Gasteiger charge is 2.46. The molecule has 1 aromatic carbocycles. The van der Waals surface area contributed by atoms with Crippen LogP contribution in [0.2, 0.25) is 0 Å². The van der Waals surface area contributed by atoms with Crippen molar-refractivity contribution in [3.8, 4) is 11.5 Å². The third kappa shape index (κ3) is 4.66. The molecule has 0 aliphatic heterocycles. The maximum atomic E-state index is 12.3. The number of carboxylic acid groups (broad SMARTS) is 1. The van der Waals surface area contributed by atoms with Crippen molar-refractivity contribution in [2.24, 2.45) is 5.41 Å². The van der Waals surface area contributed by atoms with Crippen LogP contribution in [-0.2, 0) is 14.3 Å². The number of benzene rings is 1. The number of nitrogens with one attached hydrogen (secondary N) is 1. The quantitative estimate of drug-likeness (QED) is 0.619. The van der Waals surface area contributed by atoms with Crippen molar-refractivity contribution in [1.29, 1.82) is 0 Å². The molecular formula is C19H27NO6. The first-order chi connectivity index (χ1) is 12.4. The normalized spacial score (nSPS) is 16.3. The molecule has 7 heteroatoms. The van der Waals surface area contributed by atoms with Gasteiger partial charge in [0, 0.05) is 13.5 Å². The van der Waals surface area contributed by atoms with E-state index in [1.165, 1.54) is 0 Å². The average molecular weight is 365 g/mol. The van der Waals surface area contributed by atoms with Crippen LogP contribution in [0.1, 0.15) is 44.2 Å². The predicted molar refractivity (Wildman–Crippen MR) is 95.5 cm³/mol. The van der Waals surface area contributed by atoms with Gasteiger partial charge in [-0.2, -0.15) is 0 Å². The lowest BCUT2D eigenvalue weighted by molar-refractivity contribution is -0.157. The van der Waals surface area contributed by atoms with E-state index in [1.54, 1.807) is 20.3 Å². The molecule has 0 saturated heterocycles. The molecule has 1 unspecified atom stereocenters. The van der Waals surface area contributed by atoms with Crippen LogP contribution in [0.5, 0.6) is 11.5 Å². The summed E-state index contributed by atoms with van der Waals surface area (Å²) in [4.78, 5) is 23.7. The number of carboxylic acids is 1. The Morgan fingerprint density at radius 1 is 1.23 bits per heavy atom. The van der Waals surface area contributed by atoms with E-state index in [-0.39, 0.29) is 18.4 Å². The van der Waals surface area contributed by atoms with Crippen LogP contribution in [-0.4, -0.2) is 44.4 Å². The molecule has 144 valence electrons. The molecule has 1 aliphatic rings. The molecule has 1 aromatic rings. The number of hydrogen-bond donors (Lipinski definition) is 2. The molecule has 1 atom stereocenters. The summed E-state index contributed by atoms with van der Waals surface area (Å²) in [6, 6.07) is 5.18. The topological polar surface area (TPSA) is 94.1 Å². The SMILES string of the molecule is COCCOc1ccc(C(C)NC(=O)CC2(C(=O)O)CCC2)cc1OC. The number of carbonyl (C=O) groups is 2. The summed E-state index contributed by atoms with van der Waals surface area (Å²) in [7, 11) is 3.16. The summed E-state index contributed by atoms with van der Waals surface area (Å²) in [6.07, 6.45) is 2.00. The van der Waals surface area contributed by atoms with Crippen molar-refractivity contribution in [3.63, 3.8) is 0 Å². The Hall–Kier alpha value is -2.28. The summed E-state index contributed by atoms with van der Waals surface area (Å²) in [5, 5.41) is 12.2. The van der Waals surface area contributed by atoms with Gasteiger partial charge in [0.1, 0.15) is 6.61 Å². The van der Waals surface area contributed by atoms with Crippen molar-refractivity contribution in [1.82, 2.24) is 5.32 Å². The first-order valence-electron chi connectivity index (χ1n) is 8.74. The van der Waals surface area contributed by atoms with E-state index in [2.05, 4.69) is 5.32 Å². The number of hydrogen-bond acceptors (Lipinski definition) is 5. The number of methoxy groups -OCH3 is 2. The van der Waals surface area contributed by atoms with E-state index in [1.807, 2.05) is 19.1 Å². The Kier molecular flexibility index (Phi) is 6.85. The first kappa shape index (κ1) is 20.0. The van der Waals surface area contributed by atoms with Crippen LogP contribution in [0, 0.1) is 5.41 Å². The Morgan fingerprint density at radius 2 is 1.96 bits per heavy atom. The third-order valence-corrected chi connectivity index (χ3v) is 4.87. The molecule has 0 radical (unpaired) electrons. The average Bonchev–Trinajstić information content (AvgIpc) is 2.58. The third-order valence-electron chi connectivity index (χ3n) is 4.87. The lowest BCUT2D eigenvalue weighted by Crippen LogP contribution is -2.43. The lowest BCUT2D eigenvalue weighted by Gasteiger charge is -2.37. The molecule has 26 heavy (non-hydrogen) atoms. The van der Waals surface area contributed by atoms with Crippen molar-refractivity contribution in [2.75, 3.05) is 27.4 Å². The zero-order valence-electron chi connectivity index (χ0n) is 15.5. The van der Waals surface area contributed by atoms with Crippen LogP contribution < -0.4 is 14.8 Å². The summed E-state index contributed by atoms with van der Waals surface area (Å²) >= 11 is 0. The molecule has 2 N–H and O–H groups in total. The maximum Gasteiger partial charge on any atom is 0.310 e. The molecule has 1 amide bonds. The van der Waals surface area contributed by atoms with Gasteiger partial charge in [-0.15, -0.1) is 0 Å². The molecule has 0 heterocycles. The summed E-state index contributed by atoms with van der Waals surface area (Å²) in [6.45, 7) is 2.74. The van der Waals surface area contributed by atoms with Crippen molar-refractivity contribution >= 4 is 11.9 Å². The van der Waals surface area contributed by atoms with Gasteiger partial charge in [-0.1, -0.05) is 12.5 Å². The fourth-order valence-corrected chi connectivity index (χ4v) is 3.06. The second-order valence-electron chi connectivity index (χ2n) is 6.66. The highest BCUT2D eigenvalue weighted by molar-refractivity contribution is 5.85. The van der Waals surface area contributed by atoms with Crippen LogP contribution in [0.25, 0.3) is 0 Å². The van der Waals surface area contributed by atoms with E-state index in [4.69, 9.17) is 14.2 Å². The van der Waals surface area contributed by atoms with Gasteiger partial charge in [-0.05, 0) is 37.5 Å².